The van der Waals surface area contributed by atoms with Crippen LogP contribution in [-0.4, -0.2) is 9.97 Å². The van der Waals surface area contributed by atoms with Gasteiger partial charge in [-0.3, -0.25) is 0 Å². The summed E-state index contributed by atoms with van der Waals surface area (Å²) in [5.74, 6) is 0.703. The Morgan fingerprint density at radius 3 is 1.86 bits per heavy atom. The van der Waals surface area contributed by atoms with Gasteiger partial charge >= 0.3 is 0 Å². The molecule has 0 unspecified atom stereocenters. The Bertz CT molecular complexity index is 2870. The van der Waals surface area contributed by atoms with Crippen molar-refractivity contribution in [1.82, 2.24) is 9.97 Å². The van der Waals surface area contributed by atoms with Gasteiger partial charge in [-0.15, -0.1) is 11.3 Å². The molecule has 4 heteroatoms. The van der Waals surface area contributed by atoms with E-state index in [1.165, 1.54) is 20.2 Å². The molecule has 10 rings (SSSR count). The zero-order chi connectivity index (χ0) is 33.0. The molecule has 7 aromatic carbocycles. The zero-order valence-corrected chi connectivity index (χ0v) is 27.7. The van der Waals surface area contributed by atoms with E-state index < -0.39 is 0 Å². The molecule has 10 aromatic rings. The van der Waals surface area contributed by atoms with E-state index in [-0.39, 0.29) is 0 Å². The number of thiophene rings is 1. The fourth-order valence-electron chi connectivity index (χ4n) is 7.04. The van der Waals surface area contributed by atoms with Gasteiger partial charge in [-0.2, -0.15) is 0 Å². The van der Waals surface area contributed by atoms with Crippen LogP contribution in [-0.2, 0) is 0 Å². The van der Waals surface area contributed by atoms with Crippen molar-refractivity contribution in [2.24, 2.45) is 0 Å². The number of aromatic nitrogens is 2. The highest BCUT2D eigenvalue weighted by Crippen LogP contribution is 2.41. The predicted molar refractivity (Wildman–Crippen MR) is 209 cm³/mol. The summed E-state index contributed by atoms with van der Waals surface area (Å²) in [6, 6.07) is 59.7. The lowest BCUT2D eigenvalue weighted by Gasteiger charge is -2.13. The predicted octanol–water partition coefficient (Wildman–Crippen LogP) is 13.1. The largest absolute Gasteiger partial charge is 0.456 e. The summed E-state index contributed by atoms with van der Waals surface area (Å²) in [6.45, 7) is 0. The van der Waals surface area contributed by atoms with Gasteiger partial charge in [-0.05, 0) is 70.8 Å². The molecule has 0 aliphatic rings. The minimum Gasteiger partial charge on any atom is -0.456 e. The van der Waals surface area contributed by atoms with E-state index in [2.05, 4.69) is 140 Å². The Morgan fingerprint density at radius 2 is 1.02 bits per heavy atom. The zero-order valence-electron chi connectivity index (χ0n) is 26.9. The first-order chi connectivity index (χ1) is 24.7. The maximum absolute atomic E-state index is 6.17. The van der Waals surface area contributed by atoms with Gasteiger partial charge in [0.15, 0.2) is 5.82 Å². The topological polar surface area (TPSA) is 38.9 Å². The monoisotopic (exact) mass is 656 g/mol. The molecule has 0 atom stereocenters. The number of rotatable bonds is 5. The van der Waals surface area contributed by atoms with Gasteiger partial charge < -0.3 is 4.42 Å². The van der Waals surface area contributed by atoms with E-state index in [1.807, 2.05) is 41.7 Å². The minimum atomic E-state index is 0.703. The number of benzene rings is 7. The number of para-hydroxylation sites is 1. The van der Waals surface area contributed by atoms with E-state index in [0.717, 1.165) is 72.3 Å². The van der Waals surface area contributed by atoms with Crippen LogP contribution in [0.3, 0.4) is 0 Å². The molecular formula is C46H28N2OS. The van der Waals surface area contributed by atoms with Crippen LogP contribution in [0, 0.1) is 0 Å². The van der Waals surface area contributed by atoms with Crippen molar-refractivity contribution in [2.45, 2.75) is 0 Å². The van der Waals surface area contributed by atoms with E-state index >= 15 is 0 Å². The molecular weight excluding hydrogens is 629 g/mol. The van der Waals surface area contributed by atoms with Crippen LogP contribution in [0.25, 0.3) is 98.3 Å². The van der Waals surface area contributed by atoms with Crippen molar-refractivity contribution in [3.05, 3.63) is 170 Å². The van der Waals surface area contributed by atoms with Gasteiger partial charge in [0, 0.05) is 47.6 Å². The van der Waals surface area contributed by atoms with Gasteiger partial charge in [-0.1, -0.05) is 121 Å². The van der Waals surface area contributed by atoms with Crippen molar-refractivity contribution >= 4 is 53.4 Å². The van der Waals surface area contributed by atoms with Crippen LogP contribution in [0.2, 0.25) is 0 Å². The number of fused-ring (bicyclic) bond motifs is 6. The maximum Gasteiger partial charge on any atom is 0.160 e. The lowest BCUT2D eigenvalue weighted by Crippen LogP contribution is -1.96. The molecule has 0 aliphatic heterocycles. The highest BCUT2D eigenvalue weighted by Gasteiger charge is 2.17. The summed E-state index contributed by atoms with van der Waals surface area (Å²) in [6.07, 6.45) is 0. The molecule has 3 aromatic heterocycles. The van der Waals surface area contributed by atoms with Crippen molar-refractivity contribution in [3.63, 3.8) is 0 Å². The van der Waals surface area contributed by atoms with Gasteiger partial charge in [0.25, 0.3) is 0 Å². The lowest BCUT2D eigenvalue weighted by molar-refractivity contribution is 0.669. The maximum atomic E-state index is 6.17. The van der Waals surface area contributed by atoms with Gasteiger partial charge in [-0.25, -0.2) is 9.97 Å². The second kappa shape index (κ2) is 11.7. The molecule has 0 N–H and O–H groups in total. The molecule has 50 heavy (non-hydrogen) atoms. The van der Waals surface area contributed by atoms with Crippen molar-refractivity contribution < 1.29 is 4.42 Å². The fourth-order valence-corrected chi connectivity index (χ4v) is 8.27. The van der Waals surface area contributed by atoms with E-state index in [1.54, 1.807) is 0 Å². The molecule has 0 fully saturated rings. The first-order valence-corrected chi connectivity index (χ1v) is 17.5. The summed E-state index contributed by atoms with van der Waals surface area (Å²) in [5.41, 5.74) is 11.2. The van der Waals surface area contributed by atoms with E-state index in [0.29, 0.717) is 5.82 Å². The Hall–Kier alpha value is -6.36. The molecule has 0 bridgehead atoms. The highest BCUT2D eigenvalue weighted by molar-refractivity contribution is 7.26. The Morgan fingerprint density at radius 1 is 0.380 bits per heavy atom. The highest BCUT2D eigenvalue weighted by atomic mass is 32.1. The normalized spacial score (nSPS) is 11.6. The molecule has 0 saturated carbocycles. The Labute approximate surface area is 292 Å². The third-order valence-corrected chi connectivity index (χ3v) is 10.7. The van der Waals surface area contributed by atoms with Gasteiger partial charge in [0.05, 0.1) is 11.4 Å². The Kier molecular flexibility index (Phi) is 6.68. The molecule has 3 heterocycles. The van der Waals surface area contributed by atoms with E-state index in [4.69, 9.17) is 14.4 Å². The average Bonchev–Trinajstić information content (AvgIpc) is 3.76. The number of furan rings is 1. The van der Waals surface area contributed by atoms with Crippen molar-refractivity contribution in [3.8, 4) is 56.2 Å². The van der Waals surface area contributed by atoms with Crippen LogP contribution in [0.4, 0.5) is 0 Å². The first kappa shape index (κ1) is 28.6. The van der Waals surface area contributed by atoms with Crippen LogP contribution in [0.1, 0.15) is 0 Å². The van der Waals surface area contributed by atoms with Crippen LogP contribution in [0.5, 0.6) is 0 Å². The summed E-state index contributed by atoms with van der Waals surface area (Å²) in [4.78, 5) is 10.5. The molecule has 0 saturated heterocycles. The van der Waals surface area contributed by atoms with Crippen molar-refractivity contribution in [2.75, 3.05) is 0 Å². The number of hydrogen-bond acceptors (Lipinski definition) is 4. The SMILES string of the molecule is c1ccc(-c2cc(-c3ccc4oc5ccccc5c4c3)cc(-c3cc(-c4cccc5c4sc4ccccc45)nc(-c4ccccc4)n3)c2)cc1. The second-order valence-electron chi connectivity index (χ2n) is 12.6. The molecule has 234 valence electrons. The third kappa shape index (κ3) is 4.89. The Balaban J connectivity index is 1.21. The average molecular weight is 657 g/mol. The van der Waals surface area contributed by atoms with Gasteiger partial charge in [0.2, 0.25) is 0 Å². The summed E-state index contributed by atoms with van der Waals surface area (Å²) in [5, 5.41) is 4.75. The first-order valence-electron chi connectivity index (χ1n) is 16.7. The minimum absolute atomic E-state index is 0.703. The standard InChI is InChI=1S/C46H28N2OS/c1-3-12-29(13-4-1)32-24-33(31-22-23-43-39(27-31)35-16-7-9-20-42(35)49-43)26-34(25-32)40-28-41(48-46(47-40)30-14-5-2-6-15-30)38-19-11-18-37-36-17-8-10-21-44(36)50-45(37)38/h1-28H. The van der Waals surface area contributed by atoms with Crippen molar-refractivity contribution in [1.29, 1.82) is 0 Å². The van der Waals surface area contributed by atoms with Crippen LogP contribution < -0.4 is 0 Å². The van der Waals surface area contributed by atoms with E-state index in [9.17, 15) is 0 Å². The molecule has 3 nitrogen and oxygen atoms in total. The number of hydrogen-bond donors (Lipinski definition) is 0. The van der Waals surface area contributed by atoms with Gasteiger partial charge in [0.1, 0.15) is 11.2 Å². The molecule has 0 amide bonds. The molecule has 0 spiro atoms. The summed E-state index contributed by atoms with van der Waals surface area (Å²) >= 11 is 1.82. The molecule has 0 aliphatic carbocycles. The van der Waals surface area contributed by atoms with Crippen LogP contribution >= 0.6 is 11.3 Å². The summed E-state index contributed by atoms with van der Waals surface area (Å²) < 4.78 is 8.68. The second-order valence-corrected chi connectivity index (χ2v) is 13.6. The quantitative estimate of drug-likeness (QED) is 0.185. The van der Waals surface area contributed by atoms with Crippen LogP contribution in [0.15, 0.2) is 174 Å². The third-order valence-electron chi connectivity index (χ3n) is 9.48. The lowest BCUT2D eigenvalue weighted by atomic mass is 9.94. The number of nitrogens with zero attached hydrogens (tertiary/aromatic N) is 2. The fraction of sp³-hybridized carbons (Fsp3) is 0. The smallest absolute Gasteiger partial charge is 0.160 e. The molecule has 0 radical (unpaired) electrons. The summed E-state index contributed by atoms with van der Waals surface area (Å²) in [7, 11) is 0.